The lowest BCUT2D eigenvalue weighted by molar-refractivity contribution is 0.305. The second-order valence-corrected chi connectivity index (χ2v) is 7.74. The van der Waals surface area contributed by atoms with E-state index in [2.05, 4.69) is 67.5 Å². The lowest BCUT2D eigenvalue weighted by atomic mass is 9.83. The summed E-state index contributed by atoms with van der Waals surface area (Å²) in [6, 6.07) is 0. The van der Waals surface area contributed by atoms with Gasteiger partial charge in [0.1, 0.15) is 0 Å². The van der Waals surface area contributed by atoms with Gasteiger partial charge in [-0.15, -0.1) is 0 Å². The van der Waals surface area contributed by atoms with Gasteiger partial charge in [-0.2, -0.15) is 0 Å². The first-order valence-corrected chi connectivity index (χ1v) is 9.11. The molecule has 0 bridgehead atoms. The van der Waals surface area contributed by atoms with Crippen LogP contribution in [0.2, 0.25) is 0 Å². The third kappa shape index (κ3) is 9.93. The monoisotopic (exact) mass is 292 g/mol. The van der Waals surface area contributed by atoms with Crippen LogP contribution in [0.25, 0.3) is 0 Å². The van der Waals surface area contributed by atoms with Crippen LogP contribution in [0.3, 0.4) is 0 Å². The zero-order valence-electron chi connectivity index (χ0n) is 16.0. The Balaban J connectivity index is 4.29. The average Bonchev–Trinajstić information content (AvgIpc) is 2.42. The van der Waals surface area contributed by atoms with Crippen LogP contribution in [-0.4, -0.2) is 0 Å². The van der Waals surface area contributed by atoms with Crippen molar-refractivity contribution in [1.82, 2.24) is 0 Å². The van der Waals surface area contributed by atoms with Crippen molar-refractivity contribution in [2.45, 2.75) is 87.5 Å². The largest absolute Gasteiger partial charge is 0.0764 e. The Hall–Kier alpha value is -0.520. The molecule has 0 aliphatic heterocycles. The smallest absolute Gasteiger partial charge is 0.0229 e. The summed E-state index contributed by atoms with van der Waals surface area (Å²) in [5, 5.41) is 0. The van der Waals surface area contributed by atoms with Gasteiger partial charge in [0.15, 0.2) is 0 Å². The van der Waals surface area contributed by atoms with E-state index < -0.39 is 0 Å². The number of rotatable bonds is 10. The molecule has 0 heterocycles. The highest BCUT2D eigenvalue weighted by Gasteiger charge is 2.15. The molecule has 0 aliphatic carbocycles. The summed E-state index contributed by atoms with van der Waals surface area (Å²) in [4.78, 5) is 0. The quantitative estimate of drug-likeness (QED) is 0.368. The molecule has 0 saturated heterocycles. The van der Waals surface area contributed by atoms with Crippen LogP contribution >= 0.6 is 0 Å². The SMILES string of the molecule is CC/C(=C\C=C(C)C)C(C)CCC(C)C(C)CCC(C)C. The van der Waals surface area contributed by atoms with E-state index in [-0.39, 0.29) is 0 Å². The highest BCUT2D eigenvalue weighted by Crippen LogP contribution is 2.28. The van der Waals surface area contributed by atoms with E-state index >= 15 is 0 Å². The molecule has 0 amide bonds. The first kappa shape index (κ1) is 20.5. The summed E-state index contributed by atoms with van der Waals surface area (Å²) < 4.78 is 0. The maximum Gasteiger partial charge on any atom is -0.0229 e. The predicted octanol–water partition coefficient (Wildman–Crippen LogP) is 7.41. The number of allylic oxidation sites excluding steroid dienone is 4. The second-order valence-electron chi connectivity index (χ2n) is 7.74. The molecule has 124 valence electrons. The molecule has 0 saturated carbocycles. The van der Waals surface area contributed by atoms with Crippen LogP contribution < -0.4 is 0 Å². The van der Waals surface area contributed by atoms with Gasteiger partial charge in [-0.3, -0.25) is 0 Å². The lowest BCUT2D eigenvalue weighted by Gasteiger charge is -2.23. The second kappa shape index (κ2) is 11.1. The molecule has 0 aromatic heterocycles. The molecule has 0 aromatic rings. The van der Waals surface area contributed by atoms with Crippen LogP contribution in [0.4, 0.5) is 0 Å². The summed E-state index contributed by atoms with van der Waals surface area (Å²) in [6.45, 7) is 18.6. The molecule has 0 aromatic carbocycles. The normalized spacial score (nSPS) is 16.7. The molecule has 0 spiro atoms. The summed E-state index contributed by atoms with van der Waals surface area (Å²) >= 11 is 0. The Bertz CT molecular complexity index is 315. The minimum Gasteiger partial charge on any atom is -0.0764 e. The van der Waals surface area contributed by atoms with Crippen LogP contribution in [0.5, 0.6) is 0 Å². The van der Waals surface area contributed by atoms with E-state index in [0.717, 1.165) is 23.7 Å². The van der Waals surface area contributed by atoms with Crippen molar-refractivity contribution < 1.29 is 0 Å². The Labute approximate surface area is 135 Å². The molecule has 0 rings (SSSR count). The third-order valence-electron chi connectivity index (χ3n) is 4.90. The van der Waals surface area contributed by atoms with E-state index in [9.17, 15) is 0 Å². The zero-order chi connectivity index (χ0) is 16.4. The van der Waals surface area contributed by atoms with Crippen molar-refractivity contribution in [3.05, 3.63) is 23.3 Å². The molecule has 0 heteroatoms. The third-order valence-corrected chi connectivity index (χ3v) is 4.90. The van der Waals surface area contributed by atoms with Gasteiger partial charge in [0.05, 0.1) is 0 Å². The molecule has 0 fully saturated rings. The highest BCUT2D eigenvalue weighted by molar-refractivity contribution is 5.17. The maximum absolute atomic E-state index is 2.45. The van der Waals surface area contributed by atoms with Crippen LogP contribution in [0, 0.1) is 23.7 Å². The molecule has 0 radical (unpaired) electrons. The Morgan fingerprint density at radius 2 is 1.29 bits per heavy atom. The summed E-state index contributed by atoms with van der Waals surface area (Å²) in [7, 11) is 0. The van der Waals surface area contributed by atoms with Crippen LogP contribution in [0.15, 0.2) is 23.3 Å². The minimum atomic E-state index is 0.727. The van der Waals surface area contributed by atoms with Crippen molar-refractivity contribution >= 4 is 0 Å². The van der Waals surface area contributed by atoms with Gasteiger partial charge < -0.3 is 0 Å². The summed E-state index contributed by atoms with van der Waals surface area (Å²) in [5.74, 6) is 3.29. The van der Waals surface area contributed by atoms with E-state index in [4.69, 9.17) is 0 Å². The fraction of sp³-hybridized carbons (Fsp3) is 0.810. The summed E-state index contributed by atoms with van der Waals surface area (Å²) in [5.41, 5.74) is 3.00. The molecule has 0 aliphatic rings. The van der Waals surface area contributed by atoms with E-state index in [1.54, 1.807) is 5.57 Å². The first-order valence-electron chi connectivity index (χ1n) is 9.11. The van der Waals surface area contributed by atoms with Crippen LogP contribution in [-0.2, 0) is 0 Å². The van der Waals surface area contributed by atoms with E-state index in [1.807, 2.05) is 0 Å². The van der Waals surface area contributed by atoms with Gasteiger partial charge in [0.25, 0.3) is 0 Å². The minimum absolute atomic E-state index is 0.727. The standard InChI is InChI=1S/C21H40/c1-9-21(15-11-17(4)5)20(8)14-13-19(7)18(6)12-10-16(2)3/h11,15-16,18-20H,9-10,12-14H2,1-8H3/b21-15+. The fourth-order valence-electron chi connectivity index (χ4n) is 2.77. The predicted molar refractivity (Wildman–Crippen MR) is 98.6 cm³/mol. The van der Waals surface area contributed by atoms with E-state index in [1.165, 1.54) is 37.7 Å². The molecule has 3 atom stereocenters. The number of hydrogen-bond acceptors (Lipinski definition) is 0. The molecular weight excluding hydrogens is 252 g/mol. The van der Waals surface area contributed by atoms with Gasteiger partial charge in [-0.05, 0) is 56.8 Å². The van der Waals surface area contributed by atoms with Gasteiger partial charge in [-0.25, -0.2) is 0 Å². The molecule has 0 N–H and O–H groups in total. The molecule has 21 heavy (non-hydrogen) atoms. The van der Waals surface area contributed by atoms with Crippen molar-refractivity contribution in [2.75, 3.05) is 0 Å². The lowest BCUT2D eigenvalue weighted by Crippen LogP contribution is -2.11. The van der Waals surface area contributed by atoms with Crippen molar-refractivity contribution in [1.29, 1.82) is 0 Å². The Kier molecular flexibility index (Phi) is 10.8. The first-order chi connectivity index (χ1) is 9.77. The van der Waals surface area contributed by atoms with Gasteiger partial charge in [0, 0.05) is 0 Å². The van der Waals surface area contributed by atoms with Crippen LogP contribution in [0.1, 0.15) is 87.5 Å². The van der Waals surface area contributed by atoms with E-state index in [0.29, 0.717) is 0 Å². The van der Waals surface area contributed by atoms with Gasteiger partial charge in [-0.1, -0.05) is 77.7 Å². The van der Waals surface area contributed by atoms with Gasteiger partial charge >= 0.3 is 0 Å². The Morgan fingerprint density at radius 3 is 1.71 bits per heavy atom. The number of hydrogen-bond donors (Lipinski definition) is 0. The van der Waals surface area contributed by atoms with Crippen molar-refractivity contribution in [2.24, 2.45) is 23.7 Å². The molecule has 0 nitrogen and oxygen atoms in total. The Morgan fingerprint density at radius 1 is 0.762 bits per heavy atom. The highest BCUT2D eigenvalue weighted by atomic mass is 14.2. The van der Waals surface area contributed by atoms with Crippen molar-refractivity contribution in [3.8, 4) is 0 Å². The van der Waals surface area contributed by atoms with Gasteiger partial charge in [0.2, 0.25) is 0 Å². The topological polar surface area (TPSA) is 0 Å². The fourth-order valence-corrected chi connectivity index (χ4v) is 2.77. The zero-order valence-corrected chi connectivity index (χ0v) is 16.0. The maximum atomic E-state index is 2.45. The van der Waals surface area contributed by atoms with Crippen molar-refractivity contribution in [3.63, 3.8) is 0 Å². The average molecular weight is 293 g/mol. The summed E-state index contributed by atoms with van der Waals surface area (Å²) in [6.07, 6.45) is 11.3. The molecule has 3 unspecified atom stereocenters. The molecular formula is C21H40.